The lowest BCUT2D eigenvalue weighted by atomic mass is 10.2. The molecule has 1 amide bonds. The number of carbonyl (C=O) groups is 1. The van der Waals surface area contributed by atoms with Gasteiger partial charge in [-0.15, -0.1) is 4.83 Å². The Morgan fingerprint density at radius 1 is 1.08 bits per heavy atom. The molecule has 0 atom stereocenters. The lowest BCUT2D eigenvalue weighted by molar-refractivity contribution is -0.384. The van der Waals surface area contributed by atoms with Crippen LogP contribution in [0, 0.1) is 10.1 Å². The molecule has 9 nitrogen and oxygen atoms in total. The maximum absolute atomic E-state index is 12.1. The van der Waals surface area contributed by atoms with Crippen molar-refractivity contribution >= 4 is 32.5 Å². The number of hydrazine groups is 1. The minimum Gasteiger partial charge on any atom is -0.350 e. The Bertz CT molecular complexity index is 1060. The lowest BCUT2D eigenvalue weighted by Gasteiger charge is -2.07. The highest BCUT2D eigenvalue weighted by Crippen LogP contribution is 2.21. The van der Waals surface area contributed by atoms with Crippen LogP contribution in [0.25, 0.3) is 10.9 Å². The first-order valence-electron chi connectivity index (χ1n) is 7.01. The fourth-order valence-corrected chi connectivity index (χ4v) is 3.06. The number of benzene rings is 2. The third-order valence-electron chi connectivity index (χ3n) is 3.41. The van der Waals surface area contributed by atoms with Crippen LogP contribution in [-0.2, 0) is 10.0 Å². The van der Waals surface area contributed by atoms with Crippen LogP contribution in [-0.4, -0.2) is 24.2 Å². The minimum atomic E-state index is -3.90. The largest absolute Gasteiger partial charge is 0.350 e. The van der Waals surface area contributed by atoms with Gasteiger partial charge in [-0.1, -0.05) is 18.2 Å². The molecule has 3 rings (SSSR count). The summed E-state index contributed by atoms with van der Waals surface area (Å²) in [4.78, 5) is 27.1. The van der Waals surface area contributed by atoms with E-state index in [0.717, 1.165) is 0 Å². The number of non-ortho nitro benzene ring substituents is 1. The van der Waals surface area contributed by atoms with Gasteiger partial charge in [-0.2, -0.15) is 0 Å². The Morgan fingerprint density at radius 2 is 1.80 bits per heavy atom. The second-order valence-corrected chi connectivity index (χ2v) is 6.77. The number of hydrogen-bond donors (Lipinski definition) is 3. The van der Waals surface area contributed by atoms with Crippen molar-refractivity contribution in [2.75, 3.05) is 0 Å². The van der Waals surface area contributed by atoms with Gasteiger partial charge < -0.3 is 4.98 Å². The number of carbonyl (C=O) groups excluding carboxylic acids is 1. The molecule has 25 heavy (non-hydrogen) atoms. The van der Waals surface area contributed by atoms with Crippen molar-refractivity contribution in [3.63, 3.8) is 0 Å². The third-order valence-corrected chi connectivity index (χ3v) is 4.68. The maximum Gasteiger partial charge on any atom is 0.282 e. The minimum absolute atomic E-state index is 0.00238. The molecule has 0 fully saturated rings. The number of aromatic nitrogens is 1. The van der Waals surface area contributed by atoms with E-state index in [9.17, 15) is 23.3 Å². The number of amides is 1. The topological polar surface area (TPSA) is 134 Å². The van der Waals surface area contributed by atoms with Crippen LogP contribution in [0.3, 0.4) is 0 Å². The number of aromatic amines is 1. The molecule has 128 valence electrons. The molecule has 0 aliphatic carbocycles. The van der Waals surface area contributed by atoms with Crippen LogP contribution in [0.4, 0.5) is 5.69 Å². The van der Waals surface area contributed by atoms with Gasteiger partial charge in [-0.3, -0.25) is 20.3 Å². The average molecular weight is 360 g/mol. The SMILES string of the molecule is O=C(NNS(=O)(=O)c1ccccc1)c1cc2cc([N+](=O)[O-])ccc2[nH]1. The molecule has 10 heteroatoms. The van der Waals surface area contributed by atoms with Crippen molar-refractivity contribution in [3.8, 4) is 0 Å². The zero-order valence-corrected chi connectivity index (χ0v) is 13.4. The monoisotopic (exact) mass is 360 g/mol. The number of sulfonamides is 1. The smallest absolute Gasteiger partial charge is 0.282 e. The summed E-state index contributed by atoms with van der Waals surface area (Å²) in [6.07, 6.45) is 0. The second kappa shape index (κ2) is 6.34. The third kappa shape index (κ3) is 3.49. The maximum atomic E-state index is 12.1. The standard InChI is InChI=1S/C15H12N4O5S/c20-15(17-18-25(23,24)12-4-2-1-3-5-12)14-9-10-8-11(19(21)22)6-7-13(10)16-14/h1-9,16,18H,(H,17,20). The van der Waals surface area contributed by atoms with Gasteiger partial charge in [0.2, 0.25) is 0 Å². The predicted molar refractivity (Wildman–Crippen MR) is 89.2 cm³/mol. The van der Waals surface area contributed by atoms with E-state index in [-0.39, 0.29) is 16.3 Å². The highest BCUT2D eigenvalue weighted by molar-refractivity contribution is 7.89. The van der Waals surface area contributed by atoms with Crippen molar-refractivity contribution in [1.82, 2.24) is 15.2 Å². The van der Waals surface area contributed by atoms with Gasteiger partial charge in [0.1, 0.15) is 5.69 Å². The van der Waals surface area contributed by atoms with Crippen molar-refractivity contribution in [2.45, 2.75) is 4.90 Å². The van der Waals surface area contributed by atoms with E-state index < -0.39 is 20.9 Å². The summed E-state index contributed by atoms with van der Waals surface area (Å²) in [7, 11) is -3.90. The highest BCUT2D eigenvalue weighted by atomic mass is 32.2. The number of H-pyrrole nitrogens is 1. The van der Waals surface area contributed by atoms with Crippen LogP contribution >= 0.6 is 0 Å². The summed E-state index contributed by atoms with van der Waals surface area (Å²) in [6, 6.07) is 13.0. The average Bonchev–Trinajstić information content (AvgIpc) is 3.03. The molecular weight excluding hydrogens is 348 g/mol. The quantitative estimate of drug-likeness (QED) is 0.470. The van der Waals surface area contributed by atoms with Crippen molar-refractivity contribution in [3.05, 3.63) is 70.4 Å². The van der Waals surface area contributed by atoms with Gasteiger partial charge in [-0.25, -0.2) is 8.42 Å². The summed E-state index contributed by atoms with van der Waals surface area (Å²) in [5.74, 6) is -0.724. The summed E-state index contributed by atoms with van der Waals surface area (Å²) in [6.45, 7) is 0. The van der Waals surface area contributed by atoms with E-state index in [1.54, 1.807) is 18.2 Å². The van der Waals surface area contributed by atoms with Gasteiger partial charge in [0.05, 0.1) is 9.82 Å². The predicted octanol–water partition coefficient (Wildman–Crippen LogP) is 1.70. The fraction of sp³-hybridized carbons (Fsp3) is 0. The number of rotatable bonds is 5. The molecule has 3 aromatic rings. The van der Waals surface area contributed by atoms with Gasteiger partial charge in [0.25, 0.3) is 21.6 Å². The van der Waals surface area contributed by atoms with Crippen LogP contribution in [0.15, 0.2) is 59.5 Å². The summed E-state index contributed by atoms with van der Waals surface area (Å²) in [5, 5.41) is 11.2. The highest BCUT2D eigenvalue weighted by Gasteiger charge is 2.17. The van der Waals surface area contributed by atoms with Gasteiger partial charge >= 0.3 is 0 Å². The summed E-state index contributed by atoms with van der Waals surface area (Å²) >= 11 is 0. The molecule has 0 radical (unpaired) electrons. The molecule has 0 unspecified atom stereocenters. The molecule has 3 N–H and O–H groups in total. The first-order valence-corrected chi connectivity index (χ1v) is 8.49. The number of nitrogens with zero attached hydrogens (tertiary/aromatic N) is 1. The molecule has 1 heterocycles. The van der Waals surface area contributed by atoms with Crippen LogP contribution < -0.4 is 10.3 Å². The van der Waals surface area contributed by atoms with E-state index in [1.165, 1.54) is 36.4 Å². The van der Waals surface area contributed by atoms with Gasteiger partial charge in [0.15, 0.2) is 0 Å². The molecular formula is C15H12N4O5S. The molecule has 0 saturated heterocycles. The Balaban J connectivity index is 1.77. The molecule has 2 aromatic carbocycles. The van der Waals surface area contributed by atoms with E-state index in [0.29, 0.717) is 10.9 Å². The Hall–Kier alpha value is -3.24. The van der Waals surface area contributed by atoms with Crippen LogP contribution in [0.1, 0.15) is 10.5 Å². The Labute approximate surface area is 141 Å². The summed E-state index contributed by atoms with van der Waals surface area (Å²) in [5.41, 5.74) is 2.56. The normalized spacial score (nSPS) is 11.4. The van der Waals surface area contributed by atoms with E-state index in [1.807, 2.05) is 4.83 Å². The van der Waals surface area contributed by atoms with E-state index in [4.69, 9.17) is 0 Å². The molecule has 0 bridgehead atoms. The number of fused-ring (bicyclic) bond motifs is 1. The number of nitro benzene ring substituents is 1. The molecule has 1 aromatic heterocycles. The van der Waals surface area contributed by atoms with Crippen molar-refractivity contribution in [1.29, 1.82) is 0 Å². The summed E-state index contributed by atoms with van der Waals surface area (Å²) < 4.78 is 24.1. The lowest BCUT2D eigenvalue weighted by Crippen LogP contribution is -2.41. The Morgan fingerprint density at radius 3 is 2.48 bits per heavy atom. The van der Waals surface area contributed by atoms with Crippen molar-refractivity contribution in [2.24, 2.45) is 0 Å². The molecule has 0 saturated carbocycles. The first kappa shape index (κ1) is 16.6. The number of hydrogen-bond acceptors (Lipinski definition) is 5. The first-order chi connectivity index (χ1) is 11.9. The molecule has 0 aliphatic heterocycles. The number of nitro groups is 1. The fourth-order valence-electron chi connectivity index (χ4n) is 2.20. The number of nitrogens with one attached hydrogen (secondary N) is 3. The zero-order chi connectivity index (χ0) is 18.0. The van der Waals surface area contributed by atoms with E-state index >= 15 is 0 Å². The van der Waals surface area contributed by atoms with Crippen LogP contribution in [0.2, 0.25) is 0 Å². The Kier molecular flexibility index (Phi) is 4.21. The van der Waals surface area contributed by atoms with Gasteiger partial charge in [0, 0.05) is 23.0 Å². The van der Waals surface area contributed by atoms with E-state index in [2.05, 4.69) is 10.4 Å². The van der Waals surface area contributed by atoms with Gasteiger partial charge in [-0.05, 0) is 24.3 Å². The second-order valence-electron chi connectivity index (χ2n) is 5.08. The van der Waals surface area contributed by atoms with Crippen molar-refractivity contribution < 1.29 is 18.1 Å². The molecule has 0 aliphatic rings. The van der Waals surface area contributed by atoms with Crippen LogP contribution in [0.5, 0.6) is 0 Å². The zero-order valence-electron chi connectivity index (χ0n) is 12.6. The molecule has 0 spiro atoms.